The molecule has 1 aromatic heterocycles. The molecule has 1 unspecified atom stereocenters. The van der Waals surface area contributed by atoms with Crippen LogP contribution in [0.25, 0.3) is 11.0 Å². The number of para-hydroxylation sites is 2. The third-order valence-corrected chi connectivity index (χ3v) is 4.20. The molecule has 1 amide bonds. The number of carbonyl (C=O) groups is 1. The third kappa shape index (κ3) is 3.19. The van der Waals surface area contributed by atoms with Gasteiger partial charge >= 0.3 is 0 Å². The topological polar surface area (TPSA) is 57.8 Å². The van der Waals surface area contributed by atoms with Crippen molar-refractivity contribution in [3.63, 3.8) is 0 Å². The molecule has 0 saturated carbocycles. The molecule has 0 spiro atoms. The highest BCUT2D eigenvalue weighted by Crippen LogP contribution is 2.23. The Balaban J connectivity index is 1.71. The second-order valence-corrected chi connectivity index (χ2v) is 5.96. The fourth-order valence-electron chi connectivity index (χ4n) is 2.88. The fourth-order valence-corrected chi connectivity index (χ4v) is 2.88. The normalized spacial score (nSPS) is 12.0. The van der Waals surface area contributed by atoms with Gasteiger partial charge < -0.3 is 10.3 Å². The number of benzene rings is 3. The van der Waals surface area contributed by atoms with Crippen LogP contribution >= 0.6 is 0 Å². The van der Waals surface area contributed by atoms with Gasteiger partial charge in [0.25, 0.3) is 5.91 Å². The molecule has 5 heteroatoms. The van der Waals surface area contributed by atoms with Crippen LogP contribution in [0.5, 0.6) is 0 Å². The second kappa shape index (κ2) is 6.80. The highest BCUT2D eigenvalue weighted by atomic mass is 19.1. The van der Waals surface area contributed by atoms with Gasteiger partial charge in [-0.25, -0.2) is 9.37 Å². The zero-order chi connectivity index (χ0) is 17.9. The molecule has 0 aliphatic carbocycles. The number of carbonyl (C=O) groups excluding carboxylic acids is 1. The lowest BCUT2D eigenvalue weighted by Crippen LogP contribution is -2.30. The fraction of sp³-hybridized carbons (Fsp3) is 0.0476. The van der Waals surface area contributed by atoms with Crippen LogP contribution in [0.4, 0.5) is 4.39 Å². The molecule has 26 heavy (non-hydrogen) atoms. The molecule has 0 bridgehead atoms. The van der Waals surface area contributed by atoms with Crippen LogP contribution < -0.4 is 5.32 Å². The Kier molecular flexibility index (Phi) is 4.19. The minimum atomic E-state index is -0.443. The number of aromatic nitrogens is 2. The maximum Gasteiger partial charge on any atom is 0.252 e. The summed E-state index contributed by atoms with van der Waals surface area (Å²) in [4.78, 5) is 20.5. The minimum Gasteiger partial charge on any atom is -0.340 e. The molecule has 3 aromatic carbocycles. The molecular weight excluding hydrogens is 329 g/mol. The van der Waals surface area contributed by atoms with Gasteiger partial charge in [0.15, 0.2) is 0 Å². The number of aromatic amines is 1. The second-order valence-electron chi connectivity index (χ2n) is 5.96. The van der Waals surface area contributed by atoms with Gasteiger partial charge in [-0.2, -0.15) is 0 Å². The quantitative estimate of drug-likeness (QED) is 0.582. The maximum absolute atomic E-state index is 13.1. The van der Waals surface area contributed by atoms with E-state index in [4.69, 9.17) is 0 Å². The standard InChI is InChI=1S/C21H16FN3O/c22-16-12-10-15(11-13-16)21(26)25-19(14-6-2-1-3-7-14)20-23-17-8-4-5-9-18(17)24-20/h1-13,19H,(H,23,24)(H,25,26). The van der Waals surface area contributed by atoms with Crippen LogP contribution in [0, 0.1) is 5.82 Å². The molecule has 2 N–H and O–H groups in total. The molecule has 4 aromatic rings. The van der Waals surface area contributed by atoms with Gasteiger partial charge in [0.2, 0.25) is 0 Å². The predicted octanol–water partition coefficient (Wildman–Crippen LogP) is 4.22. The smallest absolute Gasteiger partial charge is 0.252 e. The van der Waals surface area contributed by atoms with Crippen molar-refractivity contribution in [2.45, 2.75) is 6.04 Å². The summed E-state index contributed by atoms with van der Waals surface area (Å²) in [6.45, 7) is 0. The molecule has 1 heterocycles. The van der Waals surface area contributed by atoms with E-state index in [1.165, 1.54) is 24.3 Å². The van der Waals surface area contributed by atoms with Crippen LogP contribution in [0.3, 0.4) is 0 Å². The summed E-state index contributed by atoms with van der Waals surface area (Å²) in [5.74, 6) is -0.0226. The molecule has 0 saturated heterocycles. The van der Waals surface area contributed by atoms with Crippen molar-refractivity contribution in [3.8, 4) is 0 Å². The van der Waals surface area contributed by atoms with E-state index < -0.39 is 6.04 Å². The third-order valence-electron chi connectivity index (χ3n) is 4.20. The number of hydrogen-bond acceptors (Lipinski definition) is 2. The van der Waals surface area contributed by atoms with Crippen LogP contribution in [0.1, 0.15) is 27.8 Å². The number of imidazole rings is 1. The van der Waals surface area contributed by atoms with Gasteiger partial charge in [0.1, 0.15) is 17.7 Å². The first-order valence-corrected chi connectivity index (χ1v) is 8.27. The summed E-state index contributed by atoms with van der Waals surface area (Å²) in [6, 6.07) is 22.3. The van der Waals surface area contributed by atoms with Crippen molar-refractivity contribution in [2.24, 2.45) is 0 Å². The lowest BCUT2D eigenvalue weighted by Gasteiger charge is -2.17. The van der Waals surface area contributed by atoms with E-state index in [9.17, 15) is 9.18 Å². The van der Waals surface area contributed by atoms with Gasteiger partial charge in [-0.1, -0.05) is 42.5 Å². The molecule has 4 nitrogen and oxygen atoms in total. The lowest BCUT2D eigenvalue weighted by molar-refractivity contribution is 0.0941. The summed E-state index contributed by atoms with van der Waals surface area (Å²) in [6.07, 6.45) is 0. The minimum absolute atomic E-state index is 0.292. The Bertz CT molecular complexity index is 1010. The zero-order valence-corrected chi connectivity index (χ0v) is 13.8. The Morgan fingerprint density at radius 1 is 0.923 bits per heavy atom. The van der Waals surface area contributed by atoms with Crippen LogP contribution in [-0.2, 0) is 0 Å². The lowest BCUT2D eigenvalue weighted by atomic mass is 10.1. The average molecular weight is 345 g/mol. The molecule has 4 rings (SSSR count). The number of hydrogen-bond donors (Lipinski definition) is 2. The van der Waals surface area contributed by atoms with E-state index >= 15 is 0 Å². The Morgan fingerprint density at radius 3 is 2.35 bits per heavy atom. The molecule has 0 aliphatic heterocycles. The van der Waals surface area contributed by atoms with Crippen molar-refractivity contribution in [1.82, 2.24) is 15.3 Å². The van der Waals surface area contributed by atoms with E-state index in [0.717, 1.165) is 16.6 Å². The number of H-pyrrole nitrogens is 1. The number of halogens is 1. The summed E-state index contributed by atoms with van der Waals surface area (Å²) < 4.78 is 13.1. The highest BCUT2D eigenvalue weighted by molar-refractivity contribution is 5.94. The van der Waals surface area contributed by atoms with Gasteiger partial charge in [-0.3, -0.25) is 4.79 Å². The Hall–Kier alpha value is -3.47. The molecule has 0 fully saturated rings. The highest BCUT2D eigenvalue weighted by Gasteiger charge is 2.21. The monoisotopic (exact) mass is 345 g/mol. The maximum atomic E-state index is 13.1. The molecule has 0 aliphatic rings. The number of nitrogens with one attached hydrogen (secondary N) is 2. The summed E-state index contributed by atoms with van der Waals surface area (Å²) in [5, 5.41) is 2.99. The van der Waals surface area contributed by atoms with Gasteiger partial charge in [-0.15, -0.1) is 0 Å². The van der Waals surface area contributed by atoms with E-state index in [1.54, 1.807) is 0 Å². The number of amides is 1. The Labute approximate surface area is 149 Å². The van der Waals surface area contributed by atoms with Crippen molar-refractivity contribution in [2.75, 3.05) is 0 Å². The van der Waals surface area contributed by atoms with Crippen LogP contribution in [0.2, 0.25) is 0 Å². The van der Waals surface area contributed by atoms with Crippen molar-refractivity contribution < 1.29 is 9.18 Å². The van der Waals surface area contributed by atoms with Crippen LogP contribution in [-0.4, -0.2) is 15.9 Å². The SMILES string of the molecule is O=C(NC(c1ccccc1)c1nc2ccccc2[nH]1)c1ccc(F)cc1. The molecule has 1 atom stereocenters. The van der Waals surface area contributed by atoms with Crippen LogP contribution in [0.15, 0.2) is 78.9 Å². The van der Waals surface area contributed by atoms with Gasteiger partial charge in [0, 0.05) is 5.56 Å². The Morgan fingerprint density at radius 2 is 1.62 bits per heavy atom. The molecular formula is C21H16FN3O. The number of rotatable bonds is 4. The van der Waals surface area contributed by atoms with E-state index in [0.29, 0.717) is 11.4 Å². The average Bonchev–Trinajstić information content (AvgIpc) is 3.11. The number of nitrogens with zero attached hydrogens (tertiary/aromatic N) is 1. The molecule has 0 radical (unpaired) electrons. The predicted molar refractivity (Wildman–Crippen MR) is 98.2 cm³/mol. The first kappa shape index (κ1) is 16.0. The summed E-state index contributed by atoms with van der Waals surface area (Å²) in [5.41, 5.74) is 3.03. The summed E-state index contributed by atoms with van der Waals surface area (Å²) >= 11 is 0. The van der Waals surface area contributed by atoms with Gasteiger partial charge in [-0.05, 0) is 42.0 Å². The van der Waals surface area contributed by atoms with E-state index in [1.807, 2.05) is 54.6 Å². The van der Waals surface area contributed by atoms with Crippen molar-refractivity contribution in [1.29, 1.82) is 0 Å². The van der Waals surface area contributed by atoms with Crippen molar-refractivity contribution in [3.05, 3.63) is 102 Å². The summed E-state index contributed by atoms with van der Waals surface area (Å²) in [7, 11) is 0. The molecule has 128 valence electrons. The van der Waals surface area contributed by atoms with E-state index in [-0.39, 0.29) is 11.7 Å². The largest absolute Gasteiger partial charge is 0.340 e. The van der Waals surface area contributed by atoms with E-state index in [2.05, 4.69) is 15.3 Å². The first-order chi connectivity index (χ1) is 12.7. The zero-order valence-electron chi connectivity index (χ0n) is 13.8. The van der Waals surface area contributed by atoms with Crippen molar-refractivity contribution >= 4 is 16.9 Å². The first-order valence-electron chi connectivity index (χ1n) is 8.27. The number of fused-ring (bicyclic) bond motifs is 1. The van der Waals surface area contributed by atoms with Gasteiger partial charge in [0.05, 0.1) is 11.0 Å².